The van der Waals surface area contributed by atoms with Gasteiger partial charge < -0.3 is 9.26 Å². The van der Waals surface area contributed by atoms with Crippen molar-refractivity contribution in [1.82, 2.24) is 10.1 Å². The first-order valence-electron chi connectivity index (χ1n) is 5.91. The van der Waals surface area contributed by atoms with Gasteiger partial charge in [0, 0.05) is 0 Å². The molecule has 0 N–H and O–H groups in total. The number of rotatable bonds is 3. The molecule has 2 saturated heterocycles. The quantitative estimate of drug-likeness (QED) is 0.802. The number of aromatic nitrogens is 2. The number of nitrogens with zero attached hydrogens (tertiary/aromatic N) is 2. The van der Waals surface area contributed by atoms with Gasteiger partial charge in [-0.15, -0.1) is 0 Å². The Balaban J connectivity index is 1.77. The largest absolute Gasteiger partial charge is 0.374 e. The minimum atomic E-state index is 0.174. The summed E-state index contributed by atoms with van der Waals surface area (Å²) in [6.45, 7) is 2.09. The molecular formula is C11H15BrN2O2. The van der Waals surface area contributed by atoms with Crippen molar-refractivity contribution >= 4 is 15.9 Å². The van der Waals surface area contributed by atoms with Crippen LogP contribution in [-0.2, 0) is 4.74 Å². The zero-order valence-corrected chi connectivity index (χ0v) is 10.8. The van der Waals surface area contributed by atoms with E-state index in [2.05, 4.69) is 33.0 Å². The van der Waals surface area contributed by atoms with Crippen molar-refractivity contribution in [1.29, 1.82) is 0 Å². The Hall–Kier alpha value is -0.420. The third-order valence-electron chi connectivity index (χ3n) is 3.52. The van der Waals surface area contributed by atoms with Crippen LogP contribution in [-0.4, -0.2) is 22.3 Å². The van der Waals surface area contributed by atoms with Gasteiger partial charge in [0.25, 0.3) is 0 Å². The molecule has 1 aromatic rings. The van der Waals surface area contributed by atoms with E-state index in [0.29, 0.717) is 24.0 Å². The maximum atomic E-state index is 5.80. The highest BCUT2D eigenvalue weighted by Gasteiger charge is 2.43. The third kappa shape index (κ3) is 1.70. The van der Waals surface area contributed by atoms with Crippen LogP contribution in [0.15, 0.2) is 4.52 Å². The summed E-state index contributed by atoms with van der Waals surface area (Å²) in [5.41, 5.74) is 0. The Kier molecular flexibility index (Phi) is 2.75. The molecule has 4 nitrogen and oxygen atoms in total. The van der Waals surface area contributed by atoms with Crippen LogP contribution in [0.25, 0.3) is 0 Å². The van der Waals surface area contributed by atoms with Gasteiger partial charge in [0.2, 0.25) is 5.89 Å². The van der Waals surface area contributed by atoms with E-state index in [1.807, 2.05) is 0 Å². The first-order chi connectivity index (χ1) is 7.78. The van der Waals surface area contributed by atoms with Gasteiger partial charge in [0.05, 0.1) is 23.0 Å². The molecule has 0 amide bonds. The molecule has 2 aliphatic heterocycles. The molecule has 3 rings (SSSR count). The molecule has 0 aromatic carbocycles. The maximum Gasteiger partial charge on any atom is 0.240 e. The summed E-state index contributed by atoms with van der Waals surface area (Å²) >= 11 is 3.52. The predicted molar refractivity (Wildman–Crippen MR) is 61.5 cm³/mol. The van der Waals surface area contributed by atoms with Crippen molar-refractivity contribution in [3.8, 4) is 0 Å². The van der Waals surface area contributed by atoms with Crippen LogP contribution in [0.3, 0.4) is 0 Å². The van der Waals surface area contributed by atoms with E-state index in [-0.39, 0.29) is 4.83 Å². The molecule has 2 aliphatic rings. The minimum Gasteiger partial charge on any atom is -0.374 e. The normalized spacial score (nSPS) is 34.5. The summed E-state index contributed by atoms with van der Waals surface area (Å²) in [4.78, 5) is 4.65. The number of ether oxygens (including phenoxy) is 1. The van der Waals surface area contributed by atoms with E-state index in [4.69, 9.17) is 9.26 Å². The van der Waals surface area contributed by atoms with Gasteiger partial charge in [-0.2, -0.15) is 4.98 Å². The van der Waals surface area contributed by atoms with Crippen LogP contribution >= 0.6 is 15.9 Å². The van der Waals surface area contributed by atoms with Gasteiger partial charge >= 0.3 is 0 Å². The second-order valence-electron chi connectivity index (χ2n) is 4.58. The van der Waals surface area contributed by atoms with Crippen LogP contribution in [0.1, 0.15) is 55.1 Å². The van der Waals surface area contributed by atoms with Crippen molar-refractivity contribution in [2.24, 2.45) is 0 Å². The zero-order chi connectivity index (χ0) is 11.1. The van der Waals surface area contributed by atoms with Crippen molar-refractivity contribution in [3.63, 3.8) is 0 Å². The molecule has 0 spiro atoms. The highest BCUT2D eigenvalue weighted by Crippen LogP contribution is 2.43. The summed E-state index contributed by atoms with van der Waals surface area (Å²) in [5.74, 6) is 1.88. The molecule has 3 heterocycles. The van der Waals surface area contributed by atoms with Crippen molar-refractivity contribution < 1.29 is 9.26 Å². The average Bonchev–Trinajstić information content (AvgIpc) is 3.02. The molecule has 2 bridgehead atoms. The topological polar surface area (TPSA) is 48.2 Å². The van der Waals surface area contributed by atoms with E-state index in [1.165, 1.54) is 6.42 Å². The van der Waals surface area contributed by atoms with E-state index in [0.717, 1.165) is 25.1 Å². The molecular weight excluding hydrogens is 272 g/mol. The van der Waals surface area contributed by atoms with Gasteiger partial charge in [0.1, 0.15) is 0 Å². The molecule has 5 heteroatoms. The zero-order valence-electron chi connectivity index (χ0n) is 9.23. The summed E-state index contributed by atoms with van der Waals surface area (Å²) in [5, 5.41) is 4.09. The predicted octanol–water partition coefficient (Wildman–Crippen LogP) is 2.95. The van der Waals surface area contributed by atoms with E-state index in [9.17, 15) is 0 Å². The fraction of sp³-hybridized carbons (Fsp3) is 0.818. The average molecular weight is 287 g/mol. The molecule has 0 aliphatic carbocycles. The molecule has 0 radical (unpaired) electrons. The molecule has 4 unspecified atom stereocenters. The Labute approximate surface area is 103 Å². The van der Waals surface area contributed by atoms with Crippen LogP contribution < -0.4 is 0 Å². The summed E-state index contributed by atoms with van der Waals surface area (Å²) < 4.78 is 11.1. The van der Waals surface area contributed by atoms with Gasteiger partial charge in [-0.25, -0.2) is 0 Å². The molecule has 88 valence electrons. The molecule has 16 heavy (non-hydrogen) atoms. The third-order valence-corrected chi connectivity index (χ3v) is 4.56. The van der Waals surface area contributed by atoms with Gasteiger partial charge in [-0.3, -0.25) is 0 Å². The van der Waals surface area contributed by atoms with Crippen LogP contribution in [0.4, 0.5) is 0 Å². The van der Waals surface area contributed by atoms with Crippen LogP contribution in [0, 0.1) is 0 Å². The first kappa shape index (κ1) is 10.7. The fourth-order valence-corrected chi connectivity index (χ4v) is 2.80. The lowest BCUT2D eigenvalue weighted by molar-refractivity contribution is 0.0996. The Morgan fingerprint density at radius 2 is 2.38 bits per heavy atom. The minimum absolute atomic E-state index is 0.174. The van der Waals surface area contributed by atoms with E-state index in [1.54, 1.807) is 0 Å². The lowest BCUT2D eigenvalue weighted by Gasteiger charge is -2.13. The SMILES string of the molecule is CCC(Br)c1nc(C2CC3CCC2O3)no1. The molecule has 2 fully saturated rings. The number of hydrogen-bond acceptors (Lipinski definition) is 4. The number of halogens is 1. The molecule has 1 aromatic heterocycles. The lowest BCUT2D eigenvalue weighted by Crippen LogP contribution is -2.15. The second-order valence-corrected chi connectivity index (χ2v) is 5.69. The van der Waals surface area contributed by atoms with Gasteiger partial charge in [-0.05, 0) is 25.7 Å². The fourth-order valence-electron chi connectivity index (χ4n) is 2.61. The van der Waals surface area contributed by atoms with E-state index >= 15 is 0 Å². The maximum absolute atomic E-state index is 5.80. The number of alkyl halides is 1. The smallest absolute Gasteiger partial charge is 0.240 e. The molecule has 4 atom stereocenters. The first-order valence-corrected chi connectivity index (χ1v) is 6.82. The van der Waals surface area contributed by atoms with Crippen LogP contribution in [0.2, 0.25) is 0 Å². The van der Waals surface area contributed by atoms with Crippen molar-refractivity contribution in [2.45, 2.75) is 55.6 Å². The van der Waals surface area contributed by atoms with Gasteiger partial charge in [0.15, 0.2) is 5.82 Å². The molecule has 0 saturated carbocycles. The standard InChI is InChI=1S/C11H15BrN2O2/c1-2-8(12)11-13-10(14-16-11)7-5-6-3-4-9(7)15-6/h6-9H,2-5H2,1H3. The van der Waals surface area contributed by atoms with Crippen molar-refractivity contribution in [2.75, 3.05) is 0 Å². The summed E-state index contributed by atoms with van der Waals surface area (Å²) in [6.07, 6.45) is 5.11. The Morgan fingerprint density at radius 1 is 1.50 bits per heavy atom. The second kappa shape index (κ2) is 4.11. The summed E-state index contributed by atoms with van der Waals surface area (Å²) in [7, 11) is 0. The monoisotopic (exact) mass is 286 g/mol. The van der Waals surface area contributed by atoms with Gasteiger partial charge in [-0.1, -0.05) is 28.0 Å². The van der Waals surface area contributed by atoms with E-state index < -0.39 is 0 Å². The highest BCUT2D eigenvalue weighted by atomic mass is 79.9. The van der Waals surface area contributed by atoms with Crippen LogP contribution in [0.5, 0.6) is 0 Å². The number of hydrogen-bond donors (Lipinski definition) is 0. The number of fused-ring (bicyclic) bond motifs is 2. The summed E-state index contributed by atoms with van der Waals surface area (Å²) in [6, 6.07) is 0. The van der Waals surface area contributed by atoms with Crippen molar-refractivity contribution in [3.05, 3.63) is 11.7 Å². The highest BCUT2D eigenvalue weighted by molar-refractivity contribution is 9.09. The Bertz CT molecular complexity index is 382. The Morgan fingerprint density at radius 3 is 3.00 bits per heavy atom. The lowest BCUT2D eigenvalue weighted by atomic mass is 9.89.